The zero-order valence-electron chi connectivity index (χ0n) is 14.8. The van der Waals surface area contributed by atoms with Crippen molar-refractivity contribution in [3.8, 4) is 5.75 Å². The Bertz CT molecular complexity index is 511. The highest BCUT2D eigenvalue weighted by Crippen LogP contribution is 2.17. The van der Waals surface area contributed by atoms with E-state index in [0.717, 1.165) is 25.0 Å². The van der Waals surface area contributed by atoms with Crippen molar-refractivity contribution in [3.05, 3.63) is 23.5 Å². The van der Waals surface area contributed by atoms with Gasteiger partial charge in [0.15, 0.2) is 5.69 Å². The van der Waals surface area contributed by atoms with Crippen LogP contribution in [0.1, 0.15) is 67.5 Å². The number of hydrogen-bond acceptors (Lipinski definition) is 5. The van der Waals surface area contributed by atoms with Crippen LogP contribution in [-0.2, 0) is 11.2 Å². The van der Waals surface area contributed by atoms with Gasteiger partial charge >= 0.3 is 5.97 Å². The maximum Gasteiger partial charge on any atom is 0.360 e. The van der Waals surface area contributed by atoms with Crippen LogP contribution < -0.4 is 0 Å². The monoisotopic (exact) mass is 334 g/mol. The molecule has 0 radical (unpaired) electrons. The Morgan fingerprint density at radius 3 is 2.54 bits per heavy atom. The number of ether oxygens (including phenoxy) is 1. The normalized spacial score (nSPS) is 16.4. The molecule has 1 fully saturated rings. The Morgan fingerprint density at radius 2 is 1.83 bits per heavy atom. The second kappa shape index (κ2) is 10.3. The number of rotatable bonds is 7. The molecule has 1 aromatic heterocycles. The van der Waals surface area contributed by atoms with E-state index in [1.165, 1.54) is 71.3 Å². The first-order chi connectivity index (χ1) is 11.7. The van der Waals surface area contributed by atoms with E-state index in [-0.39, 0.29) is 11.4 Å². The number of hydrogen-bond donors (Lipinski definition) is 1. The molecule has 0 aliphatic carbocycles. The molecule has 1 aromatic rings. The maximum atomic E-state index is 11.5. The lowest BCUT2D eigenvalue weighted by atomic mass is 10.1. The molecular weight excluding hydrogens is 304 g/mol. The molecule has 0 bridgehead atoms. The molecule has 1 aliphatic rings. The lowest BCUT2D eigenvalue weighted by Crippen LogP contribution is -2.28. The number of aromatic nitrogens is 1. The van der Waals surface area contributed by atoms with Crippen molar-refractivity contribution in [1.29, 1.82) is 0 Å². The summed E-state index contributed by atoms with van der Waals surface area (Å²) in [5.74, 6) is -0.714. The number of unbranched alkanes of at least 4 members (excludes halogenated alkanes) is 2. The Hall–Kier alpha value is -1.62. The van der Waals surface area contributed by atoms with Crippen molar-refractivity contribution in [2.24, 2.45) is 0 Å². The molecule has 0 amide bonds. The molecule has 134 valence electrons. The number of carbonyl (C=O) groups excluding carboxylic acids is 1. The minimum atomic E-state index is -0.591. The van der Waals surface area contributed by atoms with Gasteiger partial charge in [0.2, 0.25) is 0 Å². The summed E-state index contributed by atoms with van der Waals surface area (Å²) >= 11 is 0. The van der Waals surface area contributed by atoms with Crippen molar-refractivity contribution >= 4 is 5.97 Å². The molecule has 1 aliphatic heterocycles. The Labute approximate surface area is 145 Å². The number of carbonyl (C=O) groups is 1. The predicted molar refractivity (Wildman–Crippen MR) is 94.3 cm³/mol. The number of nitrogens with zero attached hydrogens (tertiary/aromatic N) is 2. The zero-order valence-corrected chi connectivity index (χ0v) is 14.8. The SMILES string of the molecule is COC(=O)c1nc(CCCCCN2CCCCCCC2)ccc1O. The number of methoxy groups -OCH3 is 1. The Kier molecular flexibility index (Phi) is 8.02. The molecule has 0 saturated carbocycles. The van der Waals surface area contributed by atoms with E-state index in [4.69, 9.17) is 0 Å². The second-order valence-corrected chi connectivity index (χ2v) is 6.58. The highest BCUT2D eigenvalue weighted by molar-refractivity contribution is 5.90. The van der Waals surface area contributed by atoms with E-state index >= 15 is 0 Å². The van der Waals surface area contributed by atoms with Crippen molar-refractivity contribution < 1.29 is 14.6 Å². The van der Waals surface area contributed by atoms with Crippen molar-refractivity contribution in [1.82, 2.24) is 9.88 Å². The third-order valence-electron chi connectivity index (χ3n) is 4.67. The second-order valence-electron chi connectivity index (χ2n) is 6.58. The predicted octanol–water partition coefficient (Wildman–Crippen LogP) is 3.55. The minimum absolute atomic E-state index is 0.00984. The maximum absolute atomic E-state index is 11.5. The first-order valence-corrected chi connectivity index (χ1v) is 9.20. The highest BCUT2D eigenvalue weighted by atomic mass is 16.5. The molecule has 2 heterocycles. The van der Waals surface area contributed by atoms with E-state index in [9.17, 15) is 9.90 Å². The Balaban J connectivity index is 1.69. The standard InChI is InChI=1S/C19H30N2O3/c1-24-19(23)18-17(22)12-11-16(20-18)10-6-5-9-15-21-13-7-3-2-4-8-14-21/h11-12,22H,2-10,13-15H2,1H3. The van der Waals surface area contributed by atoms with Crippen LogP contribution in [0, 0.1) is 0 Å². The van der Waals surface area contributed by atoms with Crippen LogP contribution in [0.4, 0.5) is 0 Å². The van der Waals surface area contributed by atoms with Crippen LogP contribution in [0.15, 0.2) is 12.1 Å². The van der Waals surface area contributed by atoms with Crippen LogP contribution in [0.3, 0.4) is 0 Å². The summed E-state index contributed by atoms with van der Waals surface area (Å²) in [5, 5.41) is 9.66. The number of likely N-dealkylation sites (tertiary alicyclic amines) is 1. The van der Waals surface area contributed by atoms with E-state index in [1.54, 1.807) is 6.07 Å². The van der Waals surface area contributed by atoms with Crippen LogP contribution in [-0.4, -0.2) is 47.7 Å². The summed E-state index contributed by atoms with van der Waals surface area (Å²) in [7, 11) is 1.29. The minimum Gasteiger partial charge on any atom is -0.505 e. The van der Waals surface area contributed by atoms with Crippen molar-refractivity contribution in [2.45, 2.75) is 57.8 Å². The van der Waals surface area contributed by atoms with Crippen LogP contribution >= 0.6 is 0 Å². The largest absolute Gasteiger partial charge is 0.505 e. The topological polar surface area (TPSA) is 62.7 Å². The van der Waals surface area contributed by atoms with Crippen LogP contribution in [0.25, 0.3) is 0 Å². The van der Waals surface area contributed by atoms with E-state index in [1.807, 2.05) is 0 Å². The van der Waals surface area contributed by atoms with Gasteiger partial charge in [-0.05, 0) is 63.9 Å². The molecule has 0 aromatic carbocycles. The van der Waals surface area contributed by atoms with Crippen LogP contribution in [0.5, 0.6) is 5.75 Å². The summed E-state index contributed by atoms with van der Waals surface area (Å²) in [6.45, 7) is 3.69. The van der Waals surface area contributed by atoms with Gasteiger partial charge < -0.3 is 14.7 Å². The van der Waals surface area contributed by atoms with Gasteiger partial charge in [0, 0.05) is 5.69 Å². The summed E-state index contributed by atoms with van der Waals surface area (Å²) < 4.78 is 4.63. The molecule has 5 heteroatoms. The van der Waals surface area contributed by atoms with Crippen molar-refractivity contribution in [3.63, 3.8) is 0 Å². The molecule has 1 N–H and O–H groups in total. The van der Waals surface area contributed by atoms with Gasteiger partial charge in [-0.15, -0.1) is 0 Å². The summed E-state index contributed by atoms with van der Waals surface area (Å²) in [6.07, 6.45) is 11.1. The number of esters is 1. The summed E-state index contributed by atoms with van der Waals surface area (Å²) in [6, 6.07) is 3.30. The average molecular weight is 334 g/mol. The number of pyridine rings is 1. The molecule has 0 unspecified atom stereocenters. The number of aromatic hydroxyl groups is 1. The van der Waals surface area contributed by atoms with E-state index < -0.39 is 5.97 Å². The highest BCUT2D eigenvalue weighted by Gasteiger charge is 2.14. The first kappa shape index (κ1) is 18.7. The van der Waals surface area contributed by atoms with Crippen molar-refractivity contribution in [2.75, 3.05) is 26.7 Å². The average Bonchev–Trinajstić information content (AvgIpc) is 2.56. The van der Waals surface area contributed by atoms with Gasteiger partial charge in [0.05, 0.1) is 7.11 Å². The molecule has 5 nitrogen and oxygen atoms in total. The lowest BCUT2D eigenvalue weighted by Gasteiger charge is -2.24. The van der Waals surface area contributed by atoms with E-state index in [0.29, 0.717) is 0 Å². The molecule has 0 atom stereocenters. The quantitative estimate of drug-likeness (QED) is 0.610. The van der Waals surface area contributed by atoms with Gasteiger partial charge in [-0.1, -0.05) is 25.7 Å². The Morgan fingerprint density at radius 1 is 1.12 bits per heavy atom. The van der Waals surface area contributed by atoms with Gasteiger partial charge in [0.1, 0.15) is 5.75 Å². The fourth-order valence-corrected chi connectivity index (χ4v) is 3.23. The van der Waals surface area contributed by atoms with Gasteiger partial charge in [-0.2, -0.15) is 0 Å². The third kappa shape index (κ3) is 6.11. The summed E-state index contributed by atoms with van der Waals surface area (Å²) in [4.78, 5) is 18.4. The van der Waals surface area contributed by atoms with E-state index in [2.05, 4.69) is 14.6 Å². The van der Waals surface area contributed by atoms with Gasteiger partial charge in [-0.25, -0.2) is 9.78 Å². The molecule has 24 heavy (non-hydrogen) atoms. The zero-order chi connectivity index (χ0) is 17.2. The molecule has 1 saturated heterocycles. The molecular formula is C19H30N2O3. The molecule has 0 spiro atoms. The smallest absolute Gasteiger partial charge is 0.360 e. The fourth-order valence-electron chi connectivity index (χ4n) is 3.23. The fraction of sp³-hybridized carbons (Fsp3) is 0.684. The third-order valence-corrected chi connectivity index (χ3v) is 4.67. The van der Waals surface area contributed by atoms with Gasteiger partial charge in [0.25, 0.3) is 0 Å². The lowest BCUT2D eigenvalue weighted by molar-refractivity contribution is 0.0590. The van der Waals surface area contributed by atoms with Crippen LogP contribution in [0.2, 0.25) is 0 Å². The molecule has 2 rings (SSSR count). The van der Waals surface area contributed by atoms with Gasteiger partial charge in [-0.3, -0.25) is 0 Å². The summed E-state index contributed by atoms with van der Waals surface area (Å²) in [5.41, 5.74) is 0.843. The first-order valence-electron chi connectivity index (χ1n) is 9.20. The number of aryl methyl sites for hydroxylation is 1.